The van der Waals surface area contributed by atoms with Gasteiger partial charge in [0.05, 0.1) is 6.61 Å². The first-order chi connectivity index (χ1) is 13.5. The number of hydrogen-bond donors (Lipinski definition) is 3. The number of nitrogens with one attached hydrogen (secondary N) is 2. The van der Waals surface area contributed by atoms with Crippen molar-refractivity contribution in [2.45, 2.75) is 6.04 Å². The maximum atomic E-state index is 13.3. The Hall–Kier alpha value is -3.59. The topological polar surface area (TPSA) is 104 Å². The number of aromatic nitrogens is 3. The van der Waals surface area contributed by atoms with Gasteiger partial charge >= 0.3 is 0 Å². The second-order valence-corrected chi connectivity index (χ2v) is 6.06. The number of fused-ring (bicyclic) bond motifs is 1. The van der Waals surface area contributed by atoms with E-state index in [2.05, 4.69) is 20.4 Å². The van der Waals surface area contributed by atoms with Crippen molar-refractivity contribution in [2.24, 2.45) is 0 Å². The molecule has 0 unspecified atom stereocenters. The van der Waals surface area contributed by atoms with Crippen molar-refractivity contribution < 1.29 is 23.2 Å². The Morgan fingerprint density at radius 1 is 1.18 bits per heavy atom. The maximum absolute atomic E-state index is 13.3. The van der Waals surface area contributed by atoms with Crippen LogP contribution in [0.5, 0.6) is 0 Å². The Balaban J connectivity index is 1.57. The first-order valence-electron chi connectivity index (χ1n) is 8.33. The molecule has 0 aliphatic heterocycles. The molecule has 3 N–H and O–H groups in total. The van der Waals surface area contributed by atoms with Gasteiger partial charge in [-0.25, -0.2) is 8.78 Å². The first kappa shape index (κ1) is 17.8. The molecule has 1 atom stereocenters. The maximum Gasteiger partial charge on any atom is 0.251 e. The van der Waals surface area contributed by atoms with E-state index < -0.39 is 24.4 Å². The number of halogens is 2. The number of carbonyl (C=O) groups is 1. The van der Waals surface area contributed by atoms with Crippen molar-refractivity contribution in [3.05, 3.63) is 71.8 Å². The Labute approximate surface area is 157 Å². The molecule has 2 aromatic carbocycles. The lowest BCUT2D eigenvalue weighted by Gasteiger charge is -2.12. The number of carbonyl (C=O) groups excluding carboxylic acids is 1. The van der Waals surface area contributed by atoms with Gasteiger partial charge in [0.1, 0.15) is 17.7 Å². The molecular weight excluding hydrogens is 370 g/mol. The third-order valence-electron chi connectivity index (χ3n) is 4.22. The van der Waals surface area contributed by atoms with E-state index in [1.807, 2.05) is 0 Å². The van der Waals surface area contributed by atoms with Crippen molar-refractivity contribution in [2.75, 3.05) is 6.61 Å². The smallest absolute Gasteiger partial charge is 0.251 e. The molecule has 2 aromatic heterocycles. The van der Waals surface area contributed by atoms with Gasteiger partial charge in [0.25, 0.3) is 11.8 Å². The van der Waals surface area contributed by atoms with Crippen molar-refractivity contribution in [3.63, 3.8) is 0 Å². The minimum atomic E-state index is -0.943. The van der Waals surface area contributed by atoms with Gasteiger partial charge in [0.2, 0.25) is 5.82 Å². The number of H-pyrrole nitrogens is 1. The SMILES string of the molecule is O=C(N[C@@H](CO)c1nc(-c2c[nH]c3cc(F)ccc23)no1)c1ccc(F)cc1. The third kappa shape index (κ3) is 3.35. The van der Waals surface area contributed by atoms with Crippen LogP contribution in [0.3, 0.4) is 0 Å². The van der Waals surface area contributed by atoms with Crippen LogP contribution in [0.15, 0.2) is 53.2 Å². The highest BCUT2D eigenvalue weighted by atomic mass is 19.1. The Bertz CT molecular complexity index is 1140. The number of hydrogen-bond acceptors (Lipinski definition) is 5. The molecule has 4 aromatic rings. The Morgan fingerprint density at radius 3 is 2.68 bits per heavy atom. The fourth-order valence-electron chi connectivity index (χ4n) is 2.80. The lowest BCUT2D eigenvalue weighted by atomic mass is 10.1. The van der Waals surface area contributed by atoms with E-state index in [0.29, 0.717) is 16.5 Å². The lowest BCUT2D eigenvalue weighted by molar-refractivity contribution is 0.0901. The minimum Gasteiger partial charge on any atom is -0.394 e. The number of aliphatic hydroxyl groups excluding tert-OH is 1. The fourth-order valence-corrected chi connectivity index (χ4v) is 2.80. The largest absolute Gasteiger partial charge is 0.394 e. The average Bonchev–Trinajstić information content (AvgIpc) is 3.33. The second kappa shape index (κ2) is 7.20. The van der Waals surface area contributed by atoms with Gasteiger partial charge in [-0.05, 0) is 42.5 Å². The van der Waals surface area contributed by atoms with Gasteiger partial charge in [-0.1, -0.05) is 5.16 Å². The summed E-state index contributed by atoms with van der Waals surface area (Å²) >= 11 is 0. The molecule has 4 rings (SSSR count). The summed E-state index contributed by atoms with van der Waals surface area (Å²) in [4.78, 5) is 19.4. The molecule has 0 bridgehead atoms. The first-order valence-corrected chi connectivity index (χ1v) is 8.33. The number of aromatic amines is 1. The summed E-state index contributed by atoms with van der Waals surface area (Å²) in [5.74, 6) is -1.14. The summed E-state index contributed by atoms with van der Waals surface area (Å²) in [7, 11) is 0. The molecule has 0 fully saturated rings. The molecule has 0 radical (unpaired) electrons. The zero-order chi connectivity index (χ0) is 19.7. The summed E-state index contributed by atoms with van der Waals surface area (Å²) in [5, 5.41) is 16.7. The standard InChI is InChI=1S/C19H14F2N4O3/c20-11-3-1-10(2-4-11)18(27)23-16(9-26)19-24-17(25-28-19)14-8-22-15-7-12(21)5-6-13(14)15/h1-8,16,22,26H,9H2,(H,23,27)/t16-/m0/s1. The van der Waals surface area contributed by atoms with Crippen LogP contribution in [0.4, 0.5) is 8.78 Å². The predicted molar refractivity (Wildman–Crippen MR) is 95.2 cm³/mol. The van der Waals surface area contributed by atoms with Gasteiger partial charge in [-0.15, -0.1) is 0 Å². The second-order valence-electron chi connectivity index (χ2n) is 6.06. The van der Waals surface area contributed by atoms with Crippen molar-refractivity contribution >= 4 is 16.8 Å². The molecule has 0 saturated carbocycles. The van der Waals surface area contributed by atoms with Crippen LogP contribution < -0.4 is 5.32 Å². The number of benzene rings is 2. The van der Waals surface area contributed by atoms with Crippen LogP contribution in [-0.2, 0) is 0 Å². The van der Waals surface area contributed by atoms with Gasteiger partial charge in [-0.2, -0.15) is 4.98 Å². The third-order valence-corrected chi connectivity index (χ3v) is 4.22. The fraction of sp³-hybridized carbons (Fsp3) is 0.105. The van der Waals surface area contributed by atoms with Crippen molar-refractivity contribution in [3.8, 4) is 11.4 Å². The summed E-state index contributed by atoms with van der Waals surface area (Å²) < 4.78 is 31.5. The normalized spacial score (nSPS) is 12.2. The van der Waals surface area contributed by atoms with E-state index >= 15 is 0 Å². The molecule has 0 saturated heterocycles. The zero-order valence-corrected chi connectivity index (χ0v) is 14.3. The molecule has 0 aliphatic rings. The molecule has 0 spiro atoms. The van der Waals surface area contributed by atoms with Crippen LogP contribution in [0.2, 0.25) is 0 Å². The molecule has 142 valence electrons. The summed E-state index contributed by atoms with van der Waals surface area (Å²) in [5.41, 5.74) is 1.38. The molecule has 1 amide bonds. The van der Waals surface area contributed by atoms with E-state index in [4.69, 9.17) is 4.52 Å². The summed E-state index contributed by atoms with van der Waals surface area (Å²) in [6, 6.07) is 8.28. The average molecular weight is 384 g/mol. The van der Waals surface area contributed by atoms with Crippen LogP contribution >= 0.6 is 0 Å². The molecule has 9 heteroatoms. The van der Waals surface area contributed by atoms with E-state index in [9.17, 15) is 18.7 Å². The molecule has 28 heavy (non-hydrogen) atoms. The van der Waals surface area contributed by atoms with Gasteiger partial charge < -0.3 is 19.9 Å². The molecule has 2 heterocycles. The van der Waals surface area contributed by atoms with E-state index in [0.717, 1.165) is 12.1 Å². The number of nitrogens with zero attached hydrogens (tertiary/aromatic N) is 2. The number of rotatable bonds is 5. The van der Waals surface area contributed by atoms with Gasteiger partial charge in [0.15, 0.2) is 0 Å². The van der Waals surface area contributed by atoms with Crippen molar-refractivity contribution in [1.82, 2.24) is 20.4 Å². The molecule has 7 nitrogen and oxygen atoms in total. The quantitative estimate of drug-likeness (QED) is 0.491. The zero-order valence-electron chi connectivity index (χ0n) is 14.3. The van der Waals surface area contributed by atoms with Crippen molar-refractivity contribution in [1.29, 1.82) is 0 Å². The number of aliphatic hydroxyl groups is 1. The van der Waals surface area contributed by atoms with Crippen LogP contribution in [-0.4, -0.2) is 32.7 Å². The predicted octanol–water partition coefficient (Wildman–Crippen LogP) is 2.96. The lowest BCUT2D eigenvalue weighted by Crippen LogP contribution is -2.31. The highest BCUT2D eigenvalue weighted by molar-refractivity contribution is 5.94. The highest BCUT2D eigenvalue weighted by Gasteiger charge is 2.22. The van der Waals surface area contributed by atoms with E-state index in [-0.39, 0.29) is 23.1 Å². The van der Waals surface area contributed by atoms with Gasteiger partial charge in [0, 0.05) is 28.2 Å². The Morgan fingerprint density at radius 2 is 1.93 bits per heavy atom. The Kier molecular flexibility index (Phi) is 4.58. The molecule has 0 aliphatic carbocycles. The van der Waals surface area contributed by atoms with E-state index in [1.165, 1.54) is 24.3 Å². The minimum absolute atomic E-state index is 0.00410. The van der Waals surface area contributed by atoms with Gasteiger partial charge in [-0.3, -0.25) is 4.79 Å². The highest BCUT2D eigenvalue weighted by Crippen LogP contribution is 2.27. The van der Waals surface area contributed by atoms with Crippen LogP contribution in [0.25, 0.3) is 22.3 Å². The monoisotopic (exact) mass is 384 g/mol. The summed E-state index contributed by atoms with van der Waals surface area (Å²) in [6.45, 7) is -0.479. The summed E-state index contributed by atoms with van der Waals surface area (Å²) in [6.07, 6.45) is 1.61. The number of amides is 1. The van der Waals surface area contributed by atoms with Crippen LogP contribution in [0.1, 0.15) is 22.3 Å². The van der Waals surface area contributed by atoms with Crippen LogP contribution in [0, 0.1) is 11.6 Å². The van der Waals surface area contributed by atoms with E-state index in [1.54, 1.807) is 12.3 Å². The molecular formula is C19H14F2N4O3.